The van der Waals surface area contributed by atoms with Crippen LogP contribution in [0.25, 0.3) is 0 Å². The monoisotopic (exact) mass is 230 g/mol. The molecule has 1 unspecified atom stereocenters. The zero-order valence-electron chi connectivity index (χ0n) is 9.59. The summed E-state index contributed by atoms with van der Waals surface area (Å²) in [5, 5.41) is 0. The second-order valence-electron chi connectivity index (χ2n) is 4.42. The molecular formula is C13H17F3. The summed E-state index contributed by atoms with van der Waals surface area (Å²) in [4.78, 5) is 0. The van der Waals surface area contributed by atoms with Gasteiger partial charge in [-0.3, -0.25) is 0 Å². The first-order valence-corrected chi connectivity index (χ1v) is 5.52. The molecule has 0 saturated carbocycles. The van der Waals surface area contributed by atoms with E-state index >= 15 is 0 Å². The molecule has 0 amide bonds. The largest absolute Gasteiger partial charge is 0.389 e. The van der Waals surface area contributed by atoms with Gasteiger partial charge >= 0.3 is 6.18 Å². The second-order valence-corrected chi connectivity index (χ2v) is 4.42. The number of hydrogen-bond donors (Lipinski definition) is 0. The van der Waals surface area contributed by atoms with Gasteiger partial charge < -0.3 is 0 Å². The maximum atomic E-state index is 12.2. The molecule has 0 heterocycles. The highest BCUT2D eigenvalue weighted by Crippen LogP contribution is 2.33. The smallest absolute Gasteiger partial charge is 0.171 e. The van der Waals surface area contributed by atoms with Crippen molar-refractivity contribution in [2.45, 2.75) is 38.8 Å². The predicted molar refractivity (Wildman–Crippen MR) is 59.3 cm³/mol. The van der Waals surface area contributed by atoms with E-state index < -0.39 is 12.6 Å². The molecule has 0 aliphatic heterocycles. The predicted octanol–water partition coefficient (Wildman–Crippen LogP) is 4.77. The third-order valence-corrected chi connectivity index (χ3v) is 2.77. The lowest BCUT2D eigenvalue weighted by atomic mass is 9.85. The number of hydrogen-bond acceptors (Lipinski definition) is 0. The van der Waals surface area contributed by atoms with Gasteiger partial charge in [0.2, 0.25) is 0 Å². The summed E-state index contributed by atoms with van der Waals surface area (Å²) in [7, 11) is 0. The average molecular weight is 230 g/mol. The van der Waals surface area contributed by atoms with E-state index in [0.29, 0.717) is 0 Å². The third-order valence-electron chi connectivity index (χ3n) is 2.77. The van der Waals surface area contributed by atoms with Crippen LogP contribution in [0.4, 0.5) is 13.2 Å². The minimum absolute atomic E-state index is 0.0113. The number of rotatable bonds is 4. The summed E-state index contributed by atoms with van der Waals surface area (Å²) in [6.07, 6.45) is -4.59. The molecule has 0 aliphatic carbocycles. The molecule has 1 atom stereocenters. The zero-order chi connectivity index (χ0) is 12.2. The van der Waals surface area contributed by atoms with Gasteiger partial charge in [-0.05, 0) is 23.8 Å². The molecule has 16 heavy (non-hydrogen) atoms. The molecule has 0 nitrogen and oxygen atoms in total. The van der Waals surface area contributed by atoms with Crippen LogP contribution in [0, 0.1) is 5.92 Å². The van der Waals surface area contributed by atoms with Crippen molar-refractivity contribution in [2.75, 3.05) is 0 Å². The van der Waals surface area contributed by atoms with E-state index in [1.54, 1.807) is 0 Å². The van der Waals surface area contributed by atoms with E-state index in [4.69, 9.17) is 0 Å². The van der Waals surface area contributed by atoms with Crippen molar-refractivity contribution in [3.63, 3.8) is 0 Å². The van der Waals surface area contributed by atoms with E-state index in [-0.39, 0.29) is 18.3 Å². The number of benzene rings is 1. The maximum Gasteiger partial charge on any atom is 0.389 e. The lowest BCUT2D eigenvalue weighted by molar-refractivity contribution is -0.136. The lowest BCUT2D eigenvalue weighted by Gasteiger charge is -2.22. The molecule has 0 spiro atoms. The van der Waals surface area contributed by atoms with Crippen LogP contribution in [0.5, 0.6) is 0 Å². The Morgan fingerprint density at radius 1 is 1.06 bits per heavy atom. The highest BCUT2D eigenvalue weighted by atomic mass is 19.4. The fourth-order valence-electron chi connectivity index (χ4n) is 1.90. The molecule has 0 saturated heterocycles. The van der Waals surface area contributed by atoms with E-state index in [9.17, 15) is 13.2 Å². The fraction of sp³-hybridized carbons (Fsp3) is 0.538. The van der Waals surface area contributed by atoms with Gasteiger partial charge in [-0.15, -0.1) is 0 Å². The molecule has 1 aromatic rings. The second kappa shape index (κ2) is 5.37. The van der Waals surface area contributed by atoms with Crippen LogP contribution in [-0.4, -0.2) is 6.18 Å². The Kier molecular flexibility index (Phi) is 4.39. The Bertz CT molecular complexity index is 301. The maximum absolute atomic E-state index is 12.2. The Balaban J connectivity index is 2.70. The van der Waals surface area contributed by atoms with Gasteiger partial charge in [-0.2, -0.15) is 13.2 Å². The molecule has 0 N–H and O–H groups in total. The highest BCUT2D eigenvalue weighted by Gasteiger charge is 2.29. The van der Waals surface area contributed by atoms with Crippen molar-refractivity contribution in [3.8, 4) is 0 Å². The zero-order valence-corrected chi connectivity index (χ0v) is 9.59. The molecule has 0 aliphatic rings. The minimum atomic E-state index is -4.05. The molecule has 0 radical (unpaired) electrons. The highest BCUT2D eigenvalue weighted by molar-refractivity contribution is 5.19. The summed E-state index contributed by atoms with van der Waals surface area (Å²) in [5.74, 6) is 0.215. The molecule has 0 aromatic heterocycles. The van der Waals surface area contributed by atoms with Gasteiger partial charge in [0.05, 0.1) is 0 Å². The van der Waals surface area contributed by atoms with Gasteiger partial charge in [0, 0.05) is 6.42 Å². The van der Waals surface area contributed by atoms with Crippen LogP contribution >= 0.6 is 0 Å². The quantitative estimate of drug-likeness (QED) is 0.699. The Labute approximate surface area is 94.5 Å². The van der Waals surface area contributed by atoms with Gasteiger partial charge in [-0.1, -0.05) is 44.2 Å². The molecule has 0 bridgehead atoms. The molecule has 1 aromatic carbocycles. The SMILES string of the molecule is CC(C)C(CCC(F)(F)F)c1ccccc1. The molecule has 90 valence electrons. The first-order valence-electron chi connectivity index (χ1n) is 5.52. The van der Waals surface area contributed by atoms with E-state index in [0.717, 1.165) is 5.56 Å². The van der Waals surface area contributed by atoms with Gasteiger partial charge in [0.25, 0.3) is 0 Å². The lowest BCUT2D eigenvalue weighted by Crippen LogP contribution is -2.13. The van der Waals surface area contributed by atoms with Crippen molar-refractivity contribution >= 4 is 0 Å². The Morgan fingerprint density at radius 3 is 2.06 bits per heavy atom. The van der Waals surface area contributed by atoms with Crippen molar-refractivity contribution in [2.24, 2.45) is 5.92 Å². The summed E-state index contributed by atoms with van der Waals surface area (Å²) < 4.78 is 36.6. The summed E-state index contributed by atoms with van der Waals surface area (Å²) in [5.41, 5.74) is 1.00. The van der Waals surface area contributed by atoms with Gasteiger partial charge in [-0.25, -0.2) is 0 Å². The third kappa shape index (κ3) is 4.25. The van der Waals surface area contributed by atoms with Crippen LogP contribution in [0.15, 0.2) is 30.3 Å². The first kappa shape index (κ1) is 13.1. The molecule has 3 heteroatoms. The van der Waals surface area contributed by atoms with E-state index in [1.807, 2.05) is 44.2 Å². The summed E-state index contributed by atoms with van der Waals surface area (Å²) in [6.45, 7) is 3.93. The Hall–Kier alpha value is -0.990. The van der Waals surface area contributed by atoms with Crippen molar-refractivity contribution in [1.82, 2.24) is 0 Å². The van der Waals surface area contributed by atoms with Crippen molar-refractivity contribution in [1.29, 1.82) is 0 Å². The van der Waals surface area contributed by atoms with Crippen LogP contribution in [0.3, 0.4) is 0 Å². The van der Waals surface area contributed by atoms with Crippen LogP contribution in [0.2, 0.25) is 0 Å². The standard InChI is InChI=1S/C13H17F3/c1-10(2)12(8-9-13(14,15)16)11-6-4-3-5-7-11/h3-7,10,12H,8-9H2,1-2H3. The van der Waals surface area contributed by atoms with E-state index in [1.165, 1.54) is 0 Å². The summed E-state index contributed by atoms with van der Waals surface area (Å²) >= 11 is 0. The van der Waals surface area contributed by atoms with Crippen molar-refractivity contribution < 1.29 is 13.2 Å². The molecule has 0 fully saturated rings. The van der Waals surface area contributed by atoms with Crippen LogP contribution in [0.1, 0.15) is 38.2 Å². The van der Waals surface area contributed by atoms with Gasteiger partial charge in [0.1, 0.15) is 0 Å². The van der Waals surface area contributed by atoms with E-state index in [2.05, 4.69) is 0 Å². The number of alkyl halides is 3. The normalized spacial score (nSPS) is 14.1. The first-order chi connectivity index (χ1) is 7.40. The fourth-order valence-corrected chi connectivity index (χ4v) is 1.90. The molecular weight excluding hydrogens is 213 g/mol. The summed E-state index contributed by atoms with van der Waals surface area (Å²) in [6, 6.07) is 9.43. The average Bonchev–Trinajstić information content (AvgIpc) is 2.17. The van der Waals surface area contributed by atoms with Crippen LogP contribution < -0.4 is 0 Å². The Morgan fingerprint density at radius 2 is 1.62 bits per heavy atom. The van der Waals surface area contributed by atoms with Crippen molar-refractivity contribution in [3.05, 3.63) is 35.9 Å². The molecule has 1 rings (SSSR count). The van der Waals surface area contributed by atoms with Crippen LogP contribution in [-0.2, 0) is 0 Å². The topological polar surface area (TPSA) is 0 Å². The minimum Gasteiger partial charge on any atom is -0.171 e. The number of halogens is 3. The van der Waals surface area contributed by atoms with Gasteiger partial charge in [0.15, 0.2) is 0 Å².